The molecule has 2 aliphatic rings. The van der Waals surface area contributed by atoms with E-state index in [9.17, 15) is 29.2 Å². The number of unbranched alkanes of at least 4 members (excludes halogenated alkanes) is 3. The summed E-state index contributed by atoms with van der Waals surface area (Å²) < 4.78 is 18.0. The number of thiazole rings is 1. The van der Waals surface area contributed by atoms with E-state index in [1.54, 1.807) is 47.2 Å². The van der Waals surface area contributed by atoms with Crippen molar-refractivity contribution in [2.75, 3.05) is 38.2 Å². The first-order valence-corrected chi connectivity index (χ1v) is 27.9. The van der Waals surface area contributed by atoms with Crippen molar-refractivity contribution in [3.8, 4) is 22.3 Å². The van der Waals surface area contributed by atoms with Gasteiger partial charge in [0.25, 0.3) is 5.91 Å². The maximum absolute atomic E-state index is 14.6. The molecule has 1 saturated heterocycles. The number of esters is 1. The van der Waals surface area contributed by atoms with Crippen LogP contribution in [0.15, 0.2) is 72.2 Å². The molecule has 8 N–H and O–H groups in total. The van der Waals surface area contributed by atoms with Crippen LogP contribution in [0.3, 0.4) is 0 Å². The van der Waals surface area contributed by atoms with Gasteiger partial charge in [-0.2, -0.15) is 5.26 Å². The molecule has 6 rings (SSSR count). The summed E-state index contributed by atoms with van der Waals surface area (Å²) in [5, 5.41) is 22.2. The number of rotatable bonds is 25. The molecule has 3 aromatic carbocycles. The second kappa shape index (κ2) is 26.5. The van der Waals surface area contributed by atoms with E-state index in [1.165, 1.54) is 4.90 Å². The molecule has 0 spiro atoms. The summed E-state index contributed by atoms with van der Waals surface area (Å²) in [4.78, 5) is 75.5. The van der Waals surface area contributed by atoms with E-state index < -0.39 is 70.2 Å². The fourth-order valence-electron chi connectivity index (χ4n) is 10.6. The summed E-state index contributed by atoms with van der Waals surface area (Å²) in [6, 6.07) is 18.8. The third-order valence-corrected chi connectivity index (χ3v) is 16.0. The van der Waals surface area contributed by atoms with Gasteiger partial charge in [0.1, 0.15) is 48.8 Å². The lowest BCUT2D eigenvalue weighted by molar-refractivity contribution is -0.164. The maximum Gasteiger partial charge on any atom is 0.323 e. The first-order chi connectivity index (χ1) is 36.5. The predicted octanol–water partition coefficient (Wildman–Crippen LogP) is 8.23. The fraction of sp³-hybridized carbons (Fsp3) is 0.534. The normalized spacial score (nSPS) is 19.6. The van der Waals surface area contributed by atoms with Gasteiger partial charge in [0.2, 0.25) is 17.7 Å². The van der Waals surface area contributed by atoms with Gasteiger partial charge in [0.15, 0.2) is 0 Å². The summed E-state index contributed by atoms with van der Waals surface area (Å²) in [6.07, 6.45) is 3.17. The molecule has 1 saturated carbocycles. The lowest BCUT2D eigenvalue weighted by atomic mass is 9.49. The van der Waals surface area contributed by atoms with Gasteiger partial charge in [-0.1, -0.05) is 90.8 Å². The minimum atomic E-state index is -1.03. The molecule has 1 aliphatic carbocycles. The van der Waals surface area contributed by atoms with Crippen molar-refractivity contribution in [1.29, 1.82) is 5.26 Å². The summed E-state index contributed by atoms with van der Waals surface area (Å²) in [5.74, 6) is -1.58. The van der Waals surface area contributed by atoms with E-state index in [4.69, 9.17) is 37.3 Å². The minimum absolute atomic E-state index is 0.0539. The molecular formula is C58H78ClN9O8S. The number of nitrogens with two attached hydrogens (primary N) is 2. The lowest BCUT2D eigenvalue weighted by Gasteiger charge is -2.63. The molecule has 2 heterocycles. The Labute approximate surface area is 462 Å². The average Bonchev–Trinajstić information content (AvgIpc) is 4.03. The first-order valence-electron chi connectivity index (χ1n) is 26.6. The quantitative estimate of drug-likeness (QED) is 0.0271. The highest BCUT2D eigenvalue weighted by Gasteiger charge is 2.64. The highest BCUT2D eigenvalue weighted by molar-refractivity contribution is 7.13. The summed E-state index contributed by atoms with van der Waals surface area (Å²) in [7, 11) is 0. The van der Waals surface area contributed by atoms with Crippen LogP contribution < -0.4 is 37.5 Å². The summed E-state index contributed by atoms with van der Waals surface area (Å²) in [5.41, 5.74) is 16.7. The lowest BCUT2D eigenvalue weighted by Crippen LogP contribution is -2.74. The van der Waals surface area contributed by atoms with Crippen LogP contribution in [-0.2, 0) is 28.7 Å². The van der Waals surface area contributed by atoms with Crippen molar-refractivity contribution in [2.45, 2.75) is 150 Å². The standard InChI is InChI=1S/C58H78ClN9O8S/c1-35(37-16-18-38(19-17-37)48-36(2)64-34-77-48)65-51(71)46-30-43(75-53(73)45(62)15-11-12-26-60)32-68(46)52(72)49(56(3,4)5)66-47(69)33-74-28-14-10-13-27-63-41-23-20-39(21-24-41)50(70)67-54-57(6,7)55(58(54,8)9)76-42-25-22-40(31-61)44(59)29-42/h16-25,29,34-35,43,45-46,49,54-55,63H,10-15,26-28,30,32-33,60,62H2,1-9H3,(H,65,71)(H,66,69)(H,67,70)/t35-,43?,45-,46-,49+,54?,55?/m0/s1. The van der Waals surface area contributed by atoms with Crippen LogP contribution in [0.2, 0.25) is 5.02 Å². The fourth-order valence-corrected chi connectivity index (χ4v) is 11.6. The molecule has 77 heavy (non-hydrogen) atoms. The smallest absolute Gasteiger partial charge is 0.323 e. The number of aryl methyl sites for hydroxylation is 1. The Kier molecular flexibility index (Phi) is 20.7. The molecule has 4 aromatic rings. The molecule has 1 unspecified atom stereocenters. The predicted molar refractivity (Wildman–Crippen MR) is 300 cm³/mol. The average molecular weight is 1100 g/mol. The van der Waals surface area contributed by atoms with Gasteiger partial charge in [0, 0.05) is 53.8 Å². The SMILES string of the molecule is Cc1ncsc1-c1ccc([C@H](C)NC(=O)[C@@H]2CC(OC(=O)[C@@H](N)CCCCN)CN2C(=O)[C@@H](NC(=O)COCCCCCNc2ccc(C(=O)NC3C(C)(C)C(Oc4ccc(C#N)c(Cl)c4)C3(C)C)cc2)C(C)(C)C)cc1. The van der Waals surface area contributed by atoms with Gasteiger partial charge < -0.3 is 51.8 Å². The Hall–Kier alpha value is -6.10. The Morgan fingerprint density at radius 2 is 1.65 bits per heavy atom. The zero-order chi connectivity index (χ0) is 56.2. The van der Waals surface area contributed by atoms with E-state index >= 15 is 0 Å². The monoisotopic (exact) mass is 1100 g/mol. The van der Waals surface area contributed by atoms with Gasteiger partial charge in [-0.05, 0) is 105 Å². The molecule has 1 aromatic heterocycles. The van der Waals surface area contributed by atoms with Crippen LogP contribution in [0.1, 0.15) is 134 Å². The number of carbonyl (C=O) groups is 5. The van der Waals surface area contributed by atoms with Crippen molar-refractivity contribution in [3.05, 3.63) is 99.6 Å². The summed E-state index contributed by atoms with van der Waals surface area (Å²) in [6.45, 7) is 18.8. The van der Waals surface area contributed by atoms with Gasteiger partial charge >= 0.3 is 5.97 Å². The van der Waals surface area contributed by atoms with Crippen LogP contribution in [-0.4, -0.2) is 109 Å². The van der Waals surface area contributed by atoms with Crippen LogP contribution in [0.25, 0.3) is 10.4 Å². The maximum atomic E-state index is 14.6. The Bertz CT molecular complexity index is 2700. The molecule has 5 atom stereocenters. The number of likely N-dealkylation sites (tertiary alicyclic amines) is 1. The van der Waals surface area contributed by atoms with Crippen molar-refractivity contribution in [1.82, 2.24) is 25.8 Å². The number of hydrogen-bond donors (Lipinski definition) is 6. The number of ether oxygens (including phenoxy) is 3. The van der Waals surface area contributed by atoms with Crippen molar-refractivity contribution in [3.63, 3.8) is 0 Å². The molecule has 416 valence electrons. The van der Waals surface area contributed by atoms with Gasteiger partial charge in [-0.25, -0.2) is 4.98 Å². The third-order valence-electron chi connectivity index (χ3n) is 14.7. The molecule has 17 nitrogen and oxygen atoms in total. The number of aromatic nitrogens is 1. The largest absolute Gasteiger partial charge is 0.489 e. The Morgan fingerprint density at radius 3 is 2.27 bits per heavy atom. The van der Waals surface area contributed by atoms with Gasteiger partial charge in [-0.15, -0.1) is 11.3 Å². The van der Waals surface area contributed by atoms with Crippen molar-refractivity contribution in [2.24, 2.45) is 27.7 Å². The topological polar surface area (TPSA) is 253 Å². The molecule has 2 fully saturated rings. The Morgan fingerprint density at radius 1 is 0.948 bits per heavy atom. The number of halogens is 1. The third kappa shape index (κ3) is 15.3. The molecule has 19 heteroatoms. The van der Waals surface area contributed by atoms with Crippen LogP contribution >= 0.6 is 22.9 Å². The van der Waals surface area contributed by atoms with E-state index in [0.29, 0.717) is 67.3 Å². The van der Waals surface area contributed by atoms with Gasteiger partial charge in [-0.3, -0.25) is 24.0 Å². The molecular weight excluding hydrogens is 1020 g/mol. The minimum Gasteiger partial charge on any atom is -0.489 e. The zero-order valence-corrected chi connectivity index (χ0v) is 47.6. The number of anilines is 1. The van der Waals surface area contributed by atoms with Crippen molar-refractivity contribution < 1.29 is 38.2 Å². The van der Waals surface area contributed by atoms with Crippen molar-refractivity contribution >= 4 is 58.2 Å². The molecule has 0 radical (unpaired) electrons. The second-order valence-corrected chi connectivity index (χ2v) is 23.9. The second-order valence-electron chi connectivity index (χ2n) is 22.6. The number of nitriles is 1. The number of amides is 4. The van der Waals surface area contributed by atoms with E-state index in [1.807, 2.05) is 71.0 Å². The molecule has 1 aliphatic heterocycles. The van der Waals surface area contributed by atoms with E-state index in [0.717, 1.165) is 40.2 Å². The van der Waals surface area contributed by atoms with Crippen LogP contribution in [0.5, 0.6) is 5.75 Å². The van der Waals surface area contributed by atoms with Crippen LogP contribution in [0, 0.1) is 34.5 Å². The van der Waals surface area contributed by atoms with Crippen LogP contribution in [0.4, 0.5) is 5.69 Å². The molecule has 4 amide bonds. The number of hydrogen-bond acceptors (Lipinski definition) is 14. The highest BCUT2D eigenvalue weighted by Crippen LogP contribution is 2.55. The first kappa shape index (κ1) is 60.1. The number of carbonyl (C=O) groups excluding carboxylic acids is 5. The van der Waals surface area contributed by atoms with Gasteiger partial charge in [0.05, 0.1) is 39.3 Å². The number of benzene rings is 3. The molecule has 0 bridgehead atoms. The van der Waals surface area contributed by atoms with E-state index in [-0.39, 0.29) is 37.6 Å². The number of nitrogens with zero attached hydrogens (tertiary/aromatic N) is 3. The number of nitrogens with one attached hydrogen (secondary N) is 4. The zero-order valence-electron chi connectivity index (χ0n) is 46.0. The van der Waals surface area contributed by atoms with E-state index in [2.05, 4.69) is 60.0 Å². The summed E-state index contributed by atoms with van der Waals surface area (Å²) >= 11 is 7.81. The Balaban J connectivity index is 0.949. The highest BCUT2D eigenvalue weighted by atomic mass is 35.5.